The van der Waals surface area contributed by atoms with Crippen LogP contribution in [0, 0.1) is 5.92 Å². The standard InChI is InChI=1S/C19H22O2/c1-14-3-2-12-19(13-14,15-4-8-17(20)9-5-15)16-6-10-18(21)11-7-16/h4-11,14,20-21H,2-3,12-13H2,1H3/t14-/m0/s1. The first-order valence-corrected chi connectivity index (χ1v) is 7.69. The Balaban J connectivity index is 2.10. The summed E-state index contributed by atoms with van der Waals surface area (Å²) in [6.45, 7) is 2.31. The van der Waals surface area contributed by atoms with Crippen LogP contribution in [0.1, 0.15) is 43.7 Å². The maximum atomic E-state index is 9.56. The molecule has 2 heteroatoms. The molecule has 0 radical (unpaired) electrons. The average Bonchev–Trinajstić information content (AvgIpc) is 2.48. The third kappa shape index (κ3) is 2.63. The highest BCUT2D eigenvalue weighted by Gasteiger charge is 2.38. The highest BCUT2D eigenvalue weighted by molar-refractivity contribution is 5.43. The third-order valence-electron chi connectivity index (χ3n) is 4.84. The Kier molecular flexibility index (Phi) is 3.62. The number of aromatic hydroxyl groups is 2. The molecule has 0 bridgehead atoms. The van der Waals surface area contributed by atoms with Crippen molar-refractivity contribution in [3.63, 3.8) is 0 Å². The molecular formula is C19H22O2. The molecule has 110 valence electrons. The van der Waals surface area contributed by atoms with Gasteiger partial charge in [-0.05, 0) is 54.2 Å². The lowest BCUT2D eigenvalue weighted by molar-refractivity contribution is 0.272. The second-order valence-electron chi connectivity index (χ2n) is 6.38. The van der Waals surface area contributed by atoms with Gasteiger partial charge in [-0.3, -0.25) is 0 Å². The topological polar surface area (TPSA) is 40.5 Å². The van der Waals surface area contributed by atoms with E-state index in [4.69, 9.17) is 0 Å². The van der Waals surface area contributed by atoms with Crippen LogP contribution >= 0.6 is 0 Å². The van der Waals surface area contributed by atoms with Crippen molar-refractivity contribution in [2.24, 2.45) is 5.92 Å². The fourth-order valence-corrected chi connectivity index (χ4v) is 3.80. The average molecular weight is 282 g/mol. The predicted octanol–water partition coefficient (Wildman–Crippen LogP) is 4.59. The highest BCUT2D eigenvalue weighted by Crippen LogP contribution is 2.47. The van der Waals surface area contributed by atoms with Gasteiger partial charge in [-0.2, -0.15) is 0 Å². The number of benzene rings is 2. The van der Waals surface area contributed by atoms with Gasteiger partial charge in [0.2, 0.25) is 0 Å². The van der Waals surface area contributed by atoms with Gasteiger partial charge in [0.05, 0.1) is 0 Å². The number of phenolic OH excluding ortho intramolecular Hbond substituents is 2. The van der Waals surface area contributed by atoms with E-state index in [9.17, 15) is 10.2 Å². The van der Waals surface area contributed by atoms with Gasteiger partial charge in [0, 0.05) is 5.41 Å². The molecule has 0 aromatic heterocycles. The van der Waals surface area contributed by atoms with Gasteiger partial charge in [0.25, 0.3) is 0 Å². The molecule has 0 unspecified atom stereocenters. The summed E-state index contributed by atoms with van der Waals surface area (Å²) in [5.74, 6) is 1.30. The van der Waals surface area contributed by atoms with Crippen molar-refractivity contribution in [1.29, 1.82) is 0 Å². The molecule has 1 atom stereocenters. The van der Waals surface area contributed by atoms with Crippen LogP contribution in [0.25, 0.3) is 0 Å². The minimum atomic E-state index is -0.000926. The van der Waals surface area contributed by atoms with E-state index >= 15 is 0 Å². The van der Waals surface area contributed by atoms with Crippen LogP contribution in [0.4, 0.5) is 0 Å². The molecule has 0 spiro atoms. The van der Waals surface area contributed by atoms with Gasteiger partial charge >= 0.3 is 0 Å². The van der Waals surface area contributed by atoms with Gasteiger partial charge in [-0.25, -0.2) is 0 Å². The summed E-state index contributed by atoms with van der Waals surface area (Å²) in [7, 11) is 0. The monoisotopic (exact) mass is 282 g/mol. The second kappa shape index (κ2) is 5.44. The Labute approximate surface area is 126 Å². The molecule has 2 N–H and O–H groups in total. The largest absolute Gasteiger partial charge is 0.508 e. The lowest BCUT2D eigenvalue weighted by atomic mass is 9.62. The van der Waals surface area contributed by atoms with Crippen LogP contribution in [0.5, 0.6) is 11.5 Å². The van der Waals surface area contributed by atoms with E-state index in [-0.39, 0.29) is 5.41 Å². The Morgan fingerprint density at radius 1 is 0.857 bits per heavy atom. The quantitative estimate of drug-likeness (QED) is 0.845. The first kappa shape index (κ1) is 14.0. The molecule has 2 aromatic carbocycles. The molecule has 3 rings (SSSR count). The summed E-state index contributed by atoms with van der Waals surface area (Å²) in [6, 6.07) is 15.3. The zero-order chi connectivity index (χ0) is 14.9. The molecule has 0 amide bonds. The minimum Gasteiger partial charge on any atom is -0.508 e. The summed E-state index contributed by atoms with van der Waals surface area (Å²) in [6.07, 6.45) is 4.72. The zero-order valence-electron chi connectivity index (χ0n) is 12.4. The maximum Gasteiger partial charge on any atom is 0.115 e. The SMILES string of the molecule is C[C@H]1CCCC(c2ccc(O)cc2)(c2ccc(O)cc2)C1. The normalized spacial score (nSPS) is 21.1. The molecule has 2 aromatic rings. The second-order valence-corrected chi connectivity index (χ2v) is 6.38. The van der Waals surface area contributed by atoms with E-state index in [1.54, 1.807) is 24.3 Å². The molecule has 21 heavy (non-hydrogen) atoms. The predicted molar refractivity (Wildman–Crippen MR) is 84.6 cm³/mol. The van der Waals surface area contributed by atoms with Gasteiger partial charge in [-0.1, -0.05) is 44.0 Å². The van der Waals surface area contributed by atoms with Gasteiger partial charge in [0.15, 0.2) is 0 Å². The Morgan fingerprint density at radius 2 is 1.33 bits per heavy atom. The van der Waals surface area contributed by atoms with Gasteiger partial charge < -0.3 is 10.2 Å². The van der Waals surface area contributed by atoms with Crippen molar-refractivity contribution in [2.45, 2.75) is 38.0 Å². The molecule has 1 aliphatic carbocycles. The van der Waals surface area contributed by atoms with E-state index in [1.807, 2.05) is 24.3 Å². The molecule has 0 aliphatic heterocycles. The lowest BCUT2D eigenvalue weighted by Crippen LogP contribution is -2.33. The first-order chi connectivity index (χ1) is 10.1. The molecule has 1 saturated carbocycles. The fourth-order valence-electron chi connectivity index (χ4n) is 3.80. The van der Waals surface area contributed by atoms with Crippen molar-refractivity contribution >= 4 is 0 Å². The lowest BCUT2D eigenvalue weighted by Gasteiger charge is -2.41. The van der Waals surface area contributed by atoms with E-state index in [0.717, 1.165) is 12.8 Å². The maximum absolute atomic E-state index is 9.56. The number of hydrogen-bond acceptors (Lipinski definition) is 2. The van der Waals surface area contributed by atoms with Crippen LogP contribution in [-0.2, 0) is 5.41 Å². The first-order valence-electron chi connectivity index (χ1n) is 7.69. The summed E-state index contributed by atoms with van der Waals surface area (Å²) < 4.78 is 0. The van der Waals surface area contributed by atoms with Crippen molar-refractivity contribution in [2.75, 3.05) is 0 Å². The molecule has 1 fully saturated rings. The van der Waals surface area contributed by atoms with Crippen molar-refractivity contribution in [3.05, 3.63) is 59.7 Å². The number of rotatable bonds is 2. The van der Waals surface area contributed by atoms with E-state index in [0.29, 0.717) is 17.4 Å². The van der Waals surface area contributed by atoms with Crippen molar-refractivity contribution in [1.82, 2.24) is 0 Å². The minimum absolute atomic E-state index is 0.000926. The van der Waals surface area contributed by atoms with Crippen LogP contribution in [0.2, 0.25) is 0 Å². The van der Waals surface area contributed by atoms with Gasteiger partial charge in [-0.15, -0.1) is 0 Å². The van der Waals surface area contributed by atoms with Crippen molar-refractivity contribution in [3.8, 4) is 11.5 Å². The number of hydrogen-bond donors (Lipinski definition) is 2. The molecule has 2 nitrogen and oxygen atoms in total. The molecule has 0 saturated heterocycles. The third-order valence-corrected chi connectivity index (χ3v) is 4.84. The Bertz CT molecular complexity index is 553. The van der Waals surface area contributed by atoms with Crippen LogP contribution in [-0.4, -0.2) is 10.2 Å². The van der Waals surface area contributed by atoms with E-state index in [1.165, 1.54) is 24.0 Å². The van der Waals surface area contributed by atoms with Crippen LogP contribution < -0.4 is 0 Å². The zero-order valence-corrected chi connectivity index (χ0v) is 12.4. The smallest absolute Gasteiger partial charge is 0.115 e. The summed E-state index contributed by atoms with van der Waals surface area (Å²) in [5, 5.41) is 19.1. The Hall–Kier alpha value is -1.96. The van der Waals surface area contributed by atoms with E-state index < -0.39 is 0 Å². The summed E-state index contributed by atoms with van der Waals surface area (Å²) in [5.41, 5.74) is 2.52. The highest BCUT2D eigenvalue weighted by atomic mass is 16.3. The number of phenols is 2. The van der Waals surface area contributed by atoms with Crippen LogP contribution in [0.3, 0.4) is 0 Å². The molecule has 1 aliphatic rings. The van der Waals surface area contributed by atoms with Gasteiger partial charge in [0.1, 0.15) is 11.5 Å². The van der Waals surface area contributed by atoms with Crippen LogP contribution in [0.15, 0.2) is 48.5 Å². The molecule has 0 heterocycles. The summed E-state index contributed by atoms with van der Waals surface area (Å²) in [4.78, 5) is 0. The molecular weight excluding hydrogens is 260 g/mol. The summed E-state index contributed by atoms with van der Waals surface area (Å²) >= 11 is 0. The van der Waals surface area contributed by atoms with E-state index in [2.05, 4.69) is 6.92 Å². The van der Waals surface area contributed by atoms with Crippen molar-refractivity contribution < 1.29 is 10.2 Å². The Morgan fingerprint density at radius 3 is 1.76 bits per heavy atom. The fraction of sp³-hybridized carbons (Fsp3) is 0.368.